The lowest BCUT2D eigenvalue weighted by atomic mass is 9.95. The van der Waals surface area contributed by atoms with Gasteiger partial charge in [-0.05, 0) is 37.1 Å². The van der Waals surface area contributed by atoms with Crippen LogP contribution >= 0.6 is 0 Å². The number of benzene rings is 2. The molecule has 1 fully saturated rings. The van der Waals surface area contributed by atoms with Crippen molar-refractivity contribution in [3.63, 3.8) is 0 Å². The van der Waals surface area contributed by atoms with Gasteiger partial charge in [-0.1, -0.05) is 19.3 Å². The van der Waals surface area contributed by atoms with Crippen LogP contribution in [0.5, 0.6) is 23.0 Å². The molecule has 9 nitrogen and oxygen atoms in total. The van der Waals surface area contributed by atoms with Crippen LogP contribution < -0.4 is 24.5 Å². The third-order valence-electron chi connectivity index (χ3n) is 6.84. The highest BCUT2D eigenvalue weighted by Gasteiger charge is 2.34. The molecule has 0 saturated heterocycles. The minimum atomic E-state index is -3.91. The molecule has 10 heteroatoms. The molecule has 0 unspecified atom stereocenters. The van der Waals surface area contributed by atoms with E-state index in [4.69, 9.17) is 18.9 Å². The fourth-order valence-corrected chi connectivity index (χ4v) is 6.70. The maximum atomic E-state index is 13.9. The van der Waals surface area contributed by atoms with Crippen LogP contribution in [0.2, 0.25) is 0 Å². The second kappa shape index (κ2) is 8.76. The first-order chi connectivity index (χ1) is 17.0. The van der Waals surface area contributed by atoms with Gasteiger partial charge >= 0.3 is 0 Å². The Labute approximate surface area is 202 Å². The molecule has 0 radical (unpaired) electrons. The molecular weight excluding hydrogens is 472 g/mol. The third-order valence-corrected chi connectivity index (χ3v) is 8.74. The van der Waals surface area contributed by atoms with Gasteiger partial charge in [0.1, 0.15) is 13.2 Å². The van der Waals surface area contributed by atoms with Gasteiger partial charge in [0.2, 0.25) is 16.8 Å². The van der Waals surface area contributed by atoms with Crippen molar-refractivity contribution < 1.29 is 27.4 Å². The minimum Gasteiger partial charge on any atom is -0.486 e. The first-order valence-electron chi connectivity index (χ1n) is 11.9. The molecule has 35 heavy (non-hydrogen) atoms. The molecule has 1 N–H and O–H groups in total. The average molecular weight is 499 g/mol. The number of fused-ring (bicyclic) bond motifs is 3. The monoisotopic (exact) mass is 498 g/mol. The smallest absolute Gasteiger partial charge is 0.252 e. The molecule has 3 aliphatic rings. The van der Waals surface area contributed by atoms with Crippen molar-refractivity contribution in [1.82, 2.24) is 9.29 Å². The van der Waals surface area contributed by atoms with Gasteiger partial charge < -0.3 is 23.9 Å². The zero-order valence-electron chi connectivity index (χ0n) is 19.1. The molecule has 1 aliphatic carbocycles. The lowest BCUT2D eigenvalue weighted by Crippen LogP contribution is -2.42. The molecule has 0 spiro atoms. The van der Waals surface area contributed by atoms with E-state index in [-0.39, 0.29) is 29.8 Å². The molecule has 3 heterocycles. The molecule has 3 aromatic rings. The van der Waals surface area contributed by atoms with E-state index < -0.39 is 10.0 Å². The van der Waals surface area contributed by atoms with Crippen LogP contribution in [0.1, 0.15) is 37.7 Å². The van der Waals surface area contributed by atoms with Crippen molar-refractivity contribution in [2.45, 2.75) is 49.6 Å². The van der Waals surface area contributed by atoms with Gasteiger partial charge in [0.05, 0.1) is 10.4 Å². The topological polar surface area (TPSA) is 107 Å². The average Bonchev–Trinajstić information content (AvgIpc) is 3.33. The Hall–Kier alpha value is -3.24. The number of pyridine rings is 1. The van der Waals surface area contributed by atoms with Crippen molar-refractivity contribution in [2.75, 3.05) is 20.0 Å². The van der Waals surface area contributed by atoms with Crippen LogP contribution in [-0.4, -0.2) is 43.8 Å². The summed E-state index contributed by atoms with van der Waals surface area (Å²) in [5.41, 5.74) is 0.666. The van der Waals surface area contributed by atoms with E-state index in [1.807, 2.05) is 0 Å². The van der Waals surface area contributed by atoms with Gasteiger partial charge in [-0.3, -0.25) is 4.79 Å². The van der Waals surface area contributed by atoms with Crippen LogP contribution in [0.25, 0.3) is 10.9 Å². The Morgan fingerprint density at radius 1 is 0.857 bits per heavy atom. The SMILES string of the molecule is O=c1[nH]c2cc3c(cc2cc1CN(C1CCCCC1)S(=O)(=O)c1ccc2c(c1)OCCO2)OCO3. The quantitative estimate of drug-likeness (QED) is 0.573. The number of rotatable bonds is 5. The van der Waals surface area contributed by atoms with Crippen molar-refractivity contribution in [2.24, 2.45) is 0 Å². The van der Waals surface area contributed by atoms with Gasteiger partial charge in [0, 0.05) is 35.7 Å². The normalized spacial score (nSPS) is 17.7. The number of nitrogens with one attached hydrogen (secondary N) is 1. The highest BCUT2D eigenvalue weighted by atomic mass is 32.2. The van der Waals surface area contributed by atoms with Crippen LogP contribution in [-0.2, 0) is 16.6 Å². The Balaban J connectivity index is 1.40. The summed E-state index contributed by atoms with van der Waals surface area (Å²) in [5.74, 6) is 2.12. The number of aromatic amines is 1. The molecule has 0 bridgehead atoms. The lowest BCUT2D eigenvalue weighted by molar-refractivity contribution is 0.171. The zero-order chi connectivity index (χ0) is 24.0. The highest BCUT2D eigenvalue weighted by molar-refractivity contribution is 7.89. The lowest BCUT2D eigenvalue weighted by Gasteiger charge is -2.33. The van der Waals surface area contributed by atoms with E-state index in [9.17, 15) is 13.2 Å². The number of sulfonamides is 1. The zero-order valence-corrected chi connectivity index (χ0v) is 19.9. The van der Waals surface area contributed by atoms with Crippen LogP contribution in [0, 0.1) is 0 Å². The summed E-state index contributed by atoms with van der Waals surface area (Å²) >= 11 is 0. The molecule has 184 valence electrons. The van der Waals surface area contributed by atoms with Gasteiger partial charge in [0.25, 0.3) is 5.56 Å². The summed E-state index contributed by atoms with van der Waals surface area (Å²) in [6, 6.07) is 9.78. The molecular formula is C25H26N2O7S. The number of H-pyrrole nitrogens is 1. The molecule has 1 saturated carbocycles. The van der Waals surface area contributed by atoms with Gasteiger partial charge in [-0.25, -0.2) is 8.42 Å². The van der Waals surface area contributed by atoms with E-state index in [2.05, 4.69) is 4.98 Å². The number of nitrogens with zero attached hydrogens (tertiary/aromatic N) is 1. The Morgan fingerprint density at radius 3 is 2.37 bits per heavy atom. The summed E-state index contributed by atoms with van der Waals surface area (Å²) in [5, 5.41) is 0.754. The second-order valence-electron chi connectivity index (χ2n) is 9.06. The third kappa shape index (κ3) is 4.10. The molecule has 6 rings (SSSR count). The predicted molar refractivity (Wildman–Crippen MR) is 128 cm³/mol. The van der Waals surface area contributed by atoms with E-state index in [0.29, 0.717) is 47.3 Å². The van der Waals surface area contributed by atoms with Crippen molar-refractivity contribution in [3.8, 4) is 23.0 Å². The van der Waals surface area contributed by atoms with E-state index in [1.165, 1.54) is 10.4 Å². The van der Waals surface area contributed by atoms with Gasteiger partial charge in [-0.15, -0.1) is 0 Å². The summed E-state index contributed by atoms with van der Waals surface area (Å²) in [7, 11) is -3.91. The van der Waals surface area contributed by atoms with Crippen molar-refractivity contribution >= 4 is 20.9 Å². The highest BCUT2D eigenvalue weighted by Crippen LogP contribution is 2.37. The summed E-state index contributed by atoms with van der Waals surface area (Å²) in [6.45, 7) is 0.902. The van der Waals surface area contributed by atoms with Crippen LogP contribution in [0.4, 0.5) is 0 Å². The summed E-state index contributed by atoms with van der Waals surface area (Å²) in [4.78, 5) is 16.0. The molecule has 2 aromatic carbocycles. The van der Waals surface area contributed by atoms with Crippen LogP contribution in [0.15, 0.2) is 46.1 Å². The number of hydrogen-bond donors (Lipinski definition) is 1. The van der Waals surface area contributed by atoms with E-state index in [0.717, 1.165) is 37.5 Å². The van der Waals surface area contributed by atoms with E-state index in [1.54, 1.807) is 30.3 Å². The van der Waals surface area contributed by atoms with E-state index >= 15 is 0 Å². The minimum absolute atomic E-state index is 0.0266. The maximum absolute atomic E-state index is 13.9. The first-order valence-corrected chi connectivity index (χ1v) is 13.3. The van der Waals surface area contributed by atoms with Crippen molar-refractivity contribution in [3.05, 3.63) is 52.3 Å². The summed E-state index contributed by atoms with van der Waals surface area (Å²) in [6.07, 6.45) is 4.50. The second-order valence-corrected chi connectivity index (χ2v) is 11.0. The molecule has 1 aromatic heterocycles. The number of ether oxygens (including phenoxy) is 4. The molecule has 0 amide bonds. The summed E-state index contributed by atoms with van der Waals surface area (Å²) < 4.78 is 51.4. The van der Waals surface area contributed by atoms with Crippen LogP contribution in [0.3, 0.4) is 0 Å². The molecule has 0 atom stereocenters. The fourth-order valence-electron chi connectivity index (χ4n) is 5.03. The van der Waals surface area contributed by atoms with Gasteiger partial charge in [0.15, 0.2) is 23.0 Å². The fraction of sp³-hybridized carbons (Fsp3) is 0.400. The predicted octanol–water partition coefficient (Wildman–Crippen LogP) is 3.55. The Morgan fingerprint density at radius 2 is 1.57 bits per heavy atom. The van der Waals surface area contributed by atoms with Crippen molar-refractivity contribution in [1.29, 1.82) is 0 Å². The van der Waals surface area contributed by atoms with Gasteiger partial charge in [-0.2, -0.15) is 4.31 Å². The Bertz CT molecular complexity index is 1440. The Kier molecular flexibility index (Phi) is 5.57. The number of aromatic nitrogens is 1. The standard InChI is InChI=1S/C25H26N2O7S/c28-25-17(10-16-11-22-24(34-15-33-22)13-20(16)26-25)14-27(18-4-2-1-3-5-18)35(29,30)19-6-7-21-23(12-19)32-9-8-31-21/h6-7,10-13,18H,1-5,8-9,14-15H2,(H,26,28). The number of hydrogen-bond acceptors (Lipinski definition) is 7. The maximum Gasteiger partial charge on any atom is 0.252 e. The largest absolute Gasteiger partial charge is 0.486 e. The first kappa shape index (κ1) is 22.2. The molecule has 2 aliphatic heterocycles.